The molecule has 0 atom stereocenters. The Hall–Kier alpha value is -1.58. The molecule has 0 spiro atoms. The maximum Gasteiger partial charge on any atom is 0.251 e. The van der Waals surface area contributed by atoms with Crippen molar-refractivity contribution in [2.45, 2.75) is 58.8 Å². The normalized spacial score (nSPS) is 17.4. The number of amides is 1. The van der Waals surface area contributed by atoms with Gasteiger partial charge in [0.2, 0.25) is 0 Å². The maximum absolute atomic E-state index is 12.3. The van der Waals surface area contributed by atoms with Crippen LogP contribution in [0.25, 0.3) is 0 Å². The van der Waals surface area contributed by atoms with Crippen LogP contribution < -0.4 is 11.1 Å². The molecule has 21 heavy (non-hydrogen) atoms. The number of hydrogen-bond donors (Lipinski definition) is 2. The SMILES string of the molecule is CCCc1cc(C(=O)NCC2(C)CCCCC2)cc(N)n1. The van der Waals surface area contributed by atoms with Crippen LogP contribution in [-0.4, -0.2) is 17.4 Å². The van der Waals surface area contributed by atoms with Gasteiger partial charge in [0.15, 0.2) is 0 Å². The predicted octanol–water partition coefficient (Wildman–Crippen LogP) is 3.32. The van der Waals surface area contributed by atoms with Crippen molar-refractivity contribution in [1.29, 1.82) is 0 Å². The van der Waals surface area contributed by atoms with Crippen LogP contribution in [0.1, 0.15) is 68.4 Å². The number of hydrogen-bond acceptors (Lipinski definition) is 3. The van der Waals surface area contributed by atoms with Gasteiger partial charge in [0.05, 0.1) is 0 Å². The molecule has 4 nitrogen and oxygen atoms in total. The minimum Gasteiger partial charge on any atom is -0.384 e. The van der Waals surface area contributed by atoms with Crippen molar-refractivity contribution >= 4 is 11.7 Å². The summed E-state index contributed by atoms with van der Waals surface area (Å²) in [6.45, 7) is 5.11. The van der Waals surface area contributed by atoms with Crippen LogP contribution in [0.15, 0.2) is 12.1 Å². The molecule has 116 valence electrons. The number of nitrogens with two attached hydrogens (primary N) is 1. The number of nitrogen functional groups attached to an aromatic ring is 1. The van der Waals surface area contributed by atoms with Crippen LogP contribution >= 0.6 is 0 Å². The molecular weight excluding hydrogens is 262 g/mol. The van der Waals surface area contributed by atoms with E-state index in [4.69, 9.17) is 5.73 Å². The third-order valence-electron chi connectivity index (χ3n) is 4.40. The summed E-state index contributed by atoms with van der Waals surface area (Å²) in [7, 11) is 0. The van der Waals surface area contributed by atoms with Crippen molar-refractivity contribution in [3.8, 4) is 0 Å². The zero-order chi connectivity index (χ0) is 15.3. The molecule has 1 aromatic heterocycles. The number of carbonyl (C=O) groups is 1. The van der Waals surface area contributed by atoms with E-state index in [2.05, 4.69) is 24.1 Å². The molecule has 0 saturated heterocycles. The van der Waals surface area contributed by atoms with Crippen LogP contribution in [0.4, 0.5) is 5.82 Å². The second kappa shape index (κ2) is 6.92. The highest BCUT2D eigenvalue weighted by atomic mass is 16.1. The molecule has 0 aliphatic heterocycles. The van der Waals surface area contributed by atoms with Gasteiger partial charge in [0.1, 0.15) is 5.82 Å². The number of aromatic nitrogens is 1. The number of anilines is 1. The molecule has 1 fully saturated rings. The third kappa shape index (κ3) is 4.45. The Labute approximate surface area is 127 Å². The van der Waals surface area contributed by atoms with Crippen molar-refractivity contribution in [2.24, 2.45) is 5.41 Å². The monoisotopic (exact) mass is 289 g/mol. The summed E-state index contributed by atoms with van der Waals surface area (Å²) in [6, 6.07) is 3.52. The summed E-state index contributed by atoms with van der Waals surface area (Å²) in [5, 5.41) is 3.08. The number of aryl methyl sites for hydroxylation is 1. The minimum absolute atomic E-state index is 0.0340. The average Bonchev–Trinajstić information content (AvgIpc) is 2.45. The fourth-order valence-corrected chi connectivity index (χ4v) is 3.10. The van der Waals surface area contributed by atoms with Crippen molar-refractivity contribution < 1.29 is 4.79 Å². The van der Waals surface area contributed by atoms with Gasteiger partial charge in [-0.3, -0.25) is 4.79 Å². The minimum atomic E-state index is -0.0340. The maximum atomic E-state index is 12.3. The quantitative estimate of drug-likeness (QED) is 0.873. The molecule has 1 heterocycles. The topological polar surface area (TPSA) is 68.0 Å². The molecule has 4 heteroatoms. The van der Waals surface area contributed by atoms with E-state index in [1.807, 2.05) is 6.07 Å². The Balaban J connectivity index is 1.99. The zero-order valence-electron chi connectivity index (χ0n) is 13.2. The molecule has 1 amide bonds. The predicted molar refractivity (Wildman–Crippen MR) is 86.2 cm³/mol. The lowest BCUT2D eigenvalue weighted by atomic mass is 9.76. The van der Waals surface area contributed by atoms with Gasteiger partial charge in [-0.25, -0.2) is 4.98 Å². The largest absolute Gasteiger partial charge is 0.384 e. The van der Waals surface area contributed by atoms with Crippen LogP contribution in [0.2, 0.25) is 0 Å². The molecule has 0 bridgehead atoms. The first-order valence-corrected chi connectivity index (χ1v) is 8.07. The highest BCUT2D eigenvalue weighted by molar-refractivity contribution is 5.94. The zero-order valence-corrected chi connectivity index (χ0v) is 13.2. The molecule has 1 saturated carbocycles. The molecule has 0 unspecified atom stereocenters. The van der Waals surface area contributed by atoms with E-state index >= 15 is 0 Å². The van der Waals surface area contributed by atoms with Gasteiger partial charge in [-0.2, -0.15) is 0 Å². The number of nitrogens with zero attached hydrogens (tertiary/aromatic N) is 1. The van der Waals surface area contributed by atoms with E-state index in [1.54, 1.807) is 6.07 Å². The van der Waals surface area contributed by atoms with E-state index < -0.39 is 0 Å². The molecule has 1 aliphatic carbocycles. The van der Waals surface area contributed by atoms with Crippen LogP contribution in [0, 0.1) is 5.41 Å². The smallest absolute Gasteiger partial charge is 0.251 e. The summed E-state index contributed by atoms with van der Waals surface area (Å²) in [6.07, 6.45) is 8.12. The number of pyridine rings is 1. The van der Waals surface area contributed by atoms with E-state index in [0.29, 0.717) is 11.4 Å². The summed E-state index contributed by atoms with van der Waals surface area (Å²) < 4.78 is 0. The lowest BCUT2D eigenvalue weighted by molar-refractivity contribution is 0.0919. The van der Waals surface area contributed by atoms with Gasteiger partial charge in [-0.1, -0.05) is 39.5 Å². The summed E-state index contributed by atoms with van der Waals surface area (Å²) in [4.78, 5) is 16.6. The Morgan fingerprint density at radius 3 is 2.71 bits per heavy atom. The summed E-state index contributed by atoms with van der Waals surface area (Å²) in [5.41, 5.74) is 7.57. The number of nitrogens with one attached hydrogen (secondary N) is 1. The number of carbonyl (C=O) groups excluding carboxylic acids is 1. The Bertz CT molecular complexity index is 493. The molecule has 1 aromatic rings. The van der Waals surface area contributed by atoms with Gasteiger partial charge in [0.25, 0.3) is 5.91 Å². The van der Waals surface area contributed by atoms with E-state index in [9.17, 15) is 4.79 Å². The first-order valence-electron chi connectivity index (χ1n) is 8.07. The first kappa shape index (κ1) is 15.8. The van der Waals surface area contributed by atoms with Gasteiger partial charge in [-0.05, 0) is 36.8 Å². The van der Waals surface area contributed by atoms with Gasteiger partial charge < -0.3 is 11.1 Å². The second-order valence-electron chi connectivity index (χ2n) is 6.58. The van der Waals surface area contributed by atoms with Crippen molar-refractivity contribution in [3.05, 3.63) is 23.4 Å². The molecule has 2 rings (SSSR count). The molecule has 0 radical (unpaired) electrons. The lowest BCUT2D eigenvalue weighted by Crippen LogP contribution is -2.37. The van der Waals surface area contributed by atoms with Crippen LogP contribution in [-0.2, 0) is 6.42 Å². The fourth-order valence-electron chi connectivity index (χ4n) is 3.10. The van der Waals surface area contributed by atoms with E-state index in [0.717, 1.165) is 25.1 Å². The van der Waals surface area contributed by atoms with Crippen LogP contribution in [0.3, 0.4) is 0 Å². The van der Waals surface area contributed by atoms with E-state index in [-0.39, 0.29) is 11.3 Å². The summed E-state index contributed by atoms with van der Waals surface area (Å²) >= 11 is 0. The highest BCUT2D eigenvalue weighted by Crippen LogP contribution is 2.34. The summed E-state index contributed by atoms with van der Waals surface area (Å²) in [5.74, 6) is 0.392. The third-order valence-corrected chi connectivity index (χ3v) is 4.40. The molecule has 1 aliphatic rings. The molecular formula is C17H27N3O. The average molecular weight is 289 g/mol. The van der Waals surface area contributed by atoms with Crippen molar-refractivity contribution in [2.75, 3.05) is 12.3 Å². The Kier molecular flexibility index (Phi) is 5.21. The highest BCUT2D eigenvalue weighted by Gasteiger charge is 2.27. The second-order valence-corrected chi connectivity index (χ2v) is 6.58. The van der Waals surface area contributed by atoms with Gasteiger partial charge >= 0.3 is 0 Å². The van der Waals surface area contributed by atoms with E-state index in [1.165, 1.54) is 32.1 Å². The van der Waals surface area contributed by atoms with Gasteiger partial charge in [-0.15, -0.1) is 0 Å². The standard InChI is InChI=1S/C17H27N3O/c1-3-7-14-10-13(11-15(18)20-14)16(21)19-12-17(2)8-5-4-6-9-17/h10-11H,3-9,12H2,1-2H3,(H2,18,20)(H,19,21). The first-order chi connectivity index (χ1) is 10.0. The van der Waals surface area contributed by atoms with Gasteiger partial charge in [0, 0.05) is 17.8 Å². The molecule has 0 aromatic carbocycles. The van der Waals surface area contributed by atoms with Crippen molar-refractivity contribution in [3.63, 3.8) is 0 Å². The molecule has 3 N–H and O–H groups in total. The Morgan fingerprint density at radius 2 is 2.05 bits per heavy atom. The van der Waals surface area contributed by atoms with Crippen molar-refractivity contribution in [1.82, 2.24) is 10.3 Å². The fraction of sp³-hybridized carbons (Fsp3) is 0.647. The Morgan fingerprint density at radius 1 is 1.33 bits per heavy atom. The lowest BCUT2D eigenvalue weighted by Gasteiger charge is -2.33. The number of rotatable bonds is 5. The van der Waals surface area contributed by atoms with Crippen LogP contribution in [0.5, 0.6) is 0 Å².